The van der Waals surface area contributed by atoms with E-state index in [1.54, 1.807) is 0 Å². The minimum atomic E-state index is 0.0119. The summed E-state index contributed by atoms with van der Waals surface area (Å²) in [7, 11) is 3.94. The van der Waals surface area contributed by atoms with Crippen LogP contribution in [0.2, 0.25) is 0 Å². The Bertz CT molecular complexity index is 497. The van der Waals surface area contributed by atoms with Gasteiger partial charge in [0.15, 0.2) is 0 Å². The number of nitrogens with two attached hydrogens (primary N) is 1. The molecule has 1 atom stereocenters. The van der Waals surface area contributed by atoms with E-state index in [0.717, 1.165) is 30.1 Å². The van der Waals surface area contributed by atoms with E-state index in [1.165, 1.54) is 0 Å². The molecule has 92 valence electrons. The molecule has 0 aromatic carbocycles. The summed E-state index contributed by atoms with van der Waals surface area (Å²) in [5.41, 5.74) is 8.27. The van der Waals surface area contributed by atoms with Crippen molar-refractivity contribution in [3.05, 3.63) is 35.7 Å². The first kappa shape index (κ1) is 11.9. The number of rotatable bonds is 4. The lowest BCUT2D eigenvalue weighted by molar-refractivity contribution is 0.567. The van der Waals surface area contributed by atoms with Crippen molar-refractivity contribution in [1.29, 1.82) is 0 Å². The lowest BCUT2D eigenvalue weighted by Crippen LogP contribution is -2.16. The molecule has 2 aromatic rings. The second-order valence-electron chi connectivity index (χ2n) is 4.43. The van der Waals surface area contributed by atoms with Gasteiger partial charge in [0.05, 0.1) is 11.4 Å². The lowest BCUT2D eigenvalue weighted by atomic mass is 10.1. The molecular weight excluding hydrogens is 214 g/mol. The van der Waals surface area contributed by atoms with Gasteiger partial charge < -0.3 is 10.3 Å². The molecule has 0 amide bonds. The molecule has 17 heavy (non-hydrogen) atoms. The molecule has 0 saturated carbocycles. The highest BCUT2D eigenvalue weighted by Gasteiger charge is 2.12. The Labute approximate surface area is 101 Å². The maximum absolute atomic E-state index is 6.18. The predicted molar refractivity (Wildman–Crippen MR) is 66.4 cm³/mol. The normalized spacial score (nSPS) is 12.9. The Hall–Kier alpha value is -1.62. The van der Waals surface area contributed by atoms with Crippen LogP contribution >= 0.6 is 0 Å². The molecule has 5 nitrogen and oxygen atoms in total. The van der Waals surface area contributed by atoms with Gasteiger partial charge in [-0.3, -0.25) is 4.68 Å². The van der Waals surface area contributed by atoms with E-state index in [2.05, 4.69) is 10.1 Å². The molecule has 5 heteroatoms. The van der Waals surface area contributed by atoms with Gasteiger partial charge in [-0.15, -0.1) is 0 Å². The van der Waals surface area contributed by atoms with Crippen LogP contribution in [0.15, 0.2) is 18.5 Å². The first-order chi connectivity index (χ1) is 8.08. The number of hydrogen-bond donors (Lipinski definition) is 1. The Kier molecular flexibility index (Phi) is 3.28. The third kappa shape index (κ3) is 2.55. The second kappa shape index (κ2) is 4.71. The van der Waals surface area contributed by atoms with Crippen LogP contribution in [-0.4, -0.2) is 19.3 Å². The summed E-state index contributed by atoms with van der Waals surface area (Å²) in [6, 6.07) is 2.06. The van der Waals surface area contributed by atoms with E-state index in [-0.39, 0.29) is 6.04 Å². The molecule has 0 aliphatic rings. The van der Waals surface area contributed by atoms with Crippen LogP contribution in [0, 0.1) is 6.92 Å². The first-order valence-electron chi connectivity index (χ1n) is 5.80. The van der Waals surface area contributed by atoms with Crippen LogP contribution in [0.4, 0.5) is 0 Å². The van der Waals surface area contributed by atoms with Crippen molar-refractivity contribution in [3.8, 4) is 0 Å². The highest BCUT2D eigenvalue weighted by Crippen LogP contribution is 2.16. The molecule has 0 spiro atoms. The van der Waals surface area contributed by atoms with Gasteiger partial charge in [0.25, 0.3) is 0 Å². The van der Waals surface area contributed by atoms with Crippen LogP contribution in [0.1, 0.15) is 29.7 Å². The SMILES string of the molecule is Cc1cc(C(N)CCc2nccn2C)n(C)n1. The summed E-state index contributed by atoms with van der Waals surface area (Å²) in [5, 5.41) is 4.31. The Balaban J connectivity index is 2.00. The fourth-order valence-corrected chi connectivity index (χ4v) is 2.05. The molecule has 0 radical (unpaired) electrons. The zero-order chi connectivity index (χ0) is 12.4. The smallest absolute Gasteiger partial charge is 0.108 e. The average molecular weight is 233 g/mol. The van der Waals surface area contributed by atoms with Gasteiger partial charge in [-0.05, 0) is 19.4 Å². The Morgan fingerprint density at radius 3 is 2.71 bits per heavy atom. The molecule has 0 bridgehead atoms. The summed E-state index contributed by atoms with van der Waals surface area (Å²) in [6.07, 6.45) is 5.53. The van der Waals surface area contributed by atoms with Crippen molar-refractivity contribution in [1.82, 2.24) is 19.3 Å². The first-order valence-corrected chi connectivity index (χ1v) is 5.80. The predicted octanol–water partition coefficient (Wildman–Crippen LogP) is 1.09. The van der Waals surface area contributed by atoms with E-state index in [0.29, 0.717) is 0 Å². The summed E-state index contributed by atoms with van der Waals surface area (Å²) in [4.78, 5) is 4.29. The van der Waals surface area contributed by atoms with E-state index < -0.39 is 0 Å². The molecule has 1 unspecified atom stereocenters. The molecule has 0 aliphatic heterocycles. The average Bonchev–Trinajstić information content (AvgIpc) is 2.81. The maximum atomic E-state index is 6.18. The van der Waals surface area contributed by atoms with E-state index in [4.69, 9.17) is 5.73 Å². The molecule has 2 rings (SSSR count). The third-order valence-electron chi connectivity index (χ3n) is 3.02. The quantitative estimate of drug-likeness (QED) is 0.860. The van der Waals surface area contributed by atoms with E-state index in [1.807, 2.05) is 48.7 Å². The van der Waals surface area contributed by atoms with E-state index >= 15 is 0 Å². The summed E-state index contributed by atoms with van der Waals surface area (Å²) in [6.45, 7) is 1.98. The van der Waals surface area contributed by atoms with Crippen molar-refractivity contribution in [2.24, 2.45) is 19.8 Å². The number of imidazole rings is 1. The monoisotopic (exact) mass is 233 g/mol. The molecular formula is C12H19N5. The van der Waals surface area contributed by atoms with Gasteiger partial charge in [0.1, 0.15) is 5.82 Å². The number of aryl methyl sites for hydroxylation is 4. The molecule has 2 heterocycles. The molecule has 0 saturated heterocycles. The van der Waals surface area contributed by atoms with Crippen molar-refractivity contribution < 1.29 is 0 Å². The molecule has 0 fully saturated rings. The van der Waals surface area contributed by atoms with Gasteiger partial charge in [-0.2, -0.15) is 5.10 Å². The van der Waals surface area contributed by atoms with Crippen LogP contribution < -0.4 is 5.73 Å². The van der Waals surface area contributed by atoms with Crippen molar-refractivity contribution in [3.63, 3.8) is 0 Å². The van der Waals surface area contributed by atoms with Crippen molar-refractivity contribution in [2.75, 3.05) is 0 Å². The van der Waals surface area contributed by atoms with Crippen molar-refractivity contribution in [2.45, 2.75) is 25.8 Å². The van der Waals surface area contributed by atoms with Crippen molar-refractivity contribution >= 4 is 0 Å². The van der Waals surface area contributed by atoms with E-state index in [9.17, 15) is 0 Å². The van der Waals surface area contributed by atoms with Gasteiger partial charge >= 0.3 is 0 Å². The second-order valence-corrected chi connectivity index (χ2v) is 4.43. The van der Waals surface area contributed by atoms with Gasteiger partial charge in [-0.1, -0.05) is 0 Å². The highest BCUT2D eigenvalue weighted by atomic mass is 15.3. The van der Waals surface area contributed by atoms with Gasteiger partial charge in [-0.25, -0.2) is 4.98 Å². The lowest BCUT2D eigenvalue weighted by Gasteiger charge is -2.11. The largest absolute Gasteiger partial charge is 0.338 e. The Morgan fingerprint density at radius 1 is 1.41 bits per heavy atom. The summed E-state index contributed by atoms with van der Waals surface area (Å²) >= 11 is 0. The minimum Gasteiger partial charge on any atom is -0.338 e. The fraction of sp³-hybridized carbons (Fsp3) is 0.500. The fourth-order valence-electron chi connectivity index (χ4n) is 2.05. The van der Waals surface area contributed by atoms with Crippen LogP contribution in [0.25, 0.3) is 0 Å². The third-order valence-corrected chi connectivity index (χ3v) is 3.02. The Morgan fingerprint density at radius 2 is 2.18 bits per heavy atom. The molecule has 0 aliphatic carbocycles. The summed E-state index contributed by atoms with van der Waals surface area (Å²) in [5.74, 6) is 1.07. The molecule has 2 aromatic heterocycles. The van der Waals surface area contributed by atoms with Crippen LogP contribution in [0.3, 0.4) is 0 Å². The highest BCUT2D eigenvalue weighted by molar-refractivity contribution is 5.12. The number of aromatic nitrogens is 4. The zero-order valence-electron chi connectivity index (χ0n) is 10.6. The number of nitrogens with zero attached hydrogens (tertiary/aromatic N) is 4. The number of hydrogen-bond acceptors (Lipinski definition) is 3. The van der Waals surface area contributed by atoms with Crippen LogP contribution in [0.5, 0.6) is 0 Å². The zero-order valence-corrected chi connectivity index (χ0v) is 10.6. The topological polar surface area (TPSA) is 61.7 Å². The standard InChI is InChI=1S/C12H19N5/c1-9-8-11(17(3)15-9)10(13)4-5-12-14-6-7-16(12)2/h6-8,10H,4-5,13H2,1-3H3. The summed E-state index contributed by atoms with van der Waals surface area (Å²) < 4.78 is 3.89. The minimum absolute atomic E-state index is 0.0119. The van der Waals surface area contributed by atoms with Crippen LogP contribution in [-0.2, 0) is 20.5 Å². The molecule has 2 N–H and O–H groups in total. The maximum Gasteiger partial charge on any atom is 0.108 e. The van der Waals surface area contributed by atoms with Gasteiger partial charge in [0.2, 0.25) is 0 Å². The van der Waals surface area contributed by atoms with Gasteiger partial charge in [0, 0.05) is 39.0 Å².